The summed E-state index contributed by atoms with van der Waals surface area (Å²) in [5, 5.41) is 15.0. The summed E-state index contributed by atoms with van der Waals surface area (Å²) in [4.78, 5) is 25.6. The Balaban J connectivity index is 1.45. The third-order valence-electron chi connectivity index (χ3n) is 6.03. The van der Waals surface area contributed by atoms with E-state index < -0.39 is 5.97 Å². The number of carbonyl (C=O) groups is 2. The van der Waals surface area contributed by atoms with E-state index in [-0.39, 0.29) is 17.8 Å². The van der Waals surface area contributed by atoms with Crippen molar-refractivity contribution in [2.75, 3.05) is 25.3 Å². The van der Waals surface area contributed by atoms with Crippen molar-refractivity contribution in [1.29, 1.82) is 0 Å². The number of aromatic nitrogens is 3. The number of hydrogen-bond acceptors (Lipinski definition) is 9. The van der Waals surface area contributed by atoms with Crippen molar-refractivity contribution in [1.82, 2.24) is 14.8 Å². The molecular formula is C28H29ClN4O5S2. The van der Waals surface area contributed by atoms with Crippen LogP contribution in [0.15, 0.2) is 53.0 Å². The zero-order valence-corrected chi connectivity index (χ0v) is 25.1. The van der Waals surface area contributed by atoms with Crippen molar-refractivity contribution in [3.05, 3.63) is 69.8 Å². The Morgan fingerprint density at radius 3 is 2.50 bits per heavy atom. The largest absolute Gasteiger partial charge is 0.497 e. The fourth-order valence-electron chi connectivity index (χ4n) is 3.98. The van der Waals surface area contributed by atoms with Crippen molar-refractivity contribution in [3.63, 3.8) is 0 Å². The second kappa shape index (κ2) is 13.2. The first kappa shape index (κ1) is 29.4. The lowest BCUT2D eigenvalue weighted by atomic mass is 10.0. The average Bonchev–Trinajstić information content (AvgIpc) is 3.57. The third-order valence-corrected chi connectivity index (χ3v) is 8.32. The van der Waals surface area contributed by atoms with E-state index >= 15 is 0 Å². The van der Waals surface area contributed by atoms with Gasteiger partial charge in [0.05, 0.1) is 20.0 Å². The van der Waals surface area contributed by atoms with Crippen molar-refractivity contribution >= 4 is 51.6 Å². The smallest absolute Gasteiger partial charge is 0.341 e. The first-order valence-corrected chi connectivity index (χ1v) is 14.6. The number of benzene rings is 2. The number of anilines is 1. The van der Waals surface area contributed by atoms with Crippen LogP contribution in [0.25, 0.3) is 11.1 Å². The van der Waals surface area contributed by atoms with Crippen molar-refractivity contribution in [3.8, 4) is 22.6 Å². The maximum absolute atomic E-state index is 12.9. The molecule has 2 heterocycles. The van der Waals surface area contributed by atoms with Gasteiger partial charge in [0, 0.05) is 22.5 Å². The zero-order chi connectivity index (χ0) is 28.8. The van der Waals surface area contributed by atoms with Crippen LogP contribution in [0, 0.1) is 6.92 Å². The number of esters is 1. The van der Waals surface area contributed by atoms with Crippen LogP contribution in [0.4, 0.5) is 5.00 Å². The summed E-state index contributed by atoms with van der Waals surface area (Å²) < 4.78 is 18.2. The molecule has 1 atom stereocenters. The molecule has 2 aromatic carbocycles. The molecule has 1 N–H and O–H groups in total. The van der Waals surface area contributed by atoms with Gasteiger partial charge in [-0.1, -0.05) is 35.5 Å². The number of aryl methyl sites for hydroxylation is 1. The first-order valence-electron chi connectivity index (χ1n) is 12.4. The third kappa shape index (κ3) is 6.60. The molecule has 0 bridgehead atoms. The van der Waals surface area contributed by atoms with Crippen molar-refractivity contribution in [2.24, 2.45) is 0 Å². The van der Waals surface area contributed by atoms with Gasteiger partial charge in [0.1, 0.15) is 22.1 Å². The van der Waals surface area contributed by atoms with Gasteiger partial charge in [0.25, 0.3) is 0 Å². The Morgan fingerprint density at radius 1 is 1.12 bits per heavy atom. The second-order valence-electron chi connectivity index (χ2n) is 8.67. The molecule has 9 nitrogen and oxygen atoms in total. The monoisotopic (exact) mass is 600 g/mol. The molecule has 210 valence electrons. The van der Waals surface area contributed by atoms with Crippen LogP contribution in [0.3, 0.4) is 0 Å². The fraction of sp³-hybridized carbons (Fsp3) is 0.286. The minimum atomic E-state index is -0.532. The minimum Gasteiger partial charge on any atom is -0.497 e. The average molecular weight is 601 g/mol. The van der Waals surface area contributed by atoms with E-state index in [1.165, 1.54) is 30.2 Å². The summed E-state index contributed by atoms with van der Waals surface area (Å²) in [5.41, 5.74) is 2.70. The molecule has 1 amide bonds. The minimum absolute atomic E-state index is 0.0696. The van der Waals surface area contributed by atoms with E-state index in [2.05, 4.69) is 15.5 Å². The van der Waals surface area contributed by atoms with E-state index in [9.17, 15) is 9.59 Å². The predicted octanol–water partition coefficient (Wildman–Crippen LogP) is 6.65. The van der Waals surface area contributed by atoms with Crippen molar-refractivity contribution in [2.45, 2.75) is 38.6 Å². The highest BCUT2D eigenvalue weighted by Crippen LogP contribution is 2.37. The number of nitrogens with one attached hydrogen (secondary N) is 1. The number of hydrogen-bond donors (Lipinski definition) is 1. The highest BCUT2D eigenvalue weighted by molar-refractivity contribution is 7.99. The van der Waals surface area contributed by atoms with Crippen LogP contribution in [0.2, 0.25) is 5.02 Å². The molecule has 0 saturated carbocycles. The summed E-state index contributed by atoms with van der Waals surface area (Å²) in [5.74, 6) is 1.28. The Labute approximate surface area is 245 Å². The molecule has 0 aliphatic carbocycles. The summed E-state index contributed by atoms with van der Waals surface area (Å²) in [6, 6.07) is 12.8. The summed E-state index contributed by atoms with van der Waals surface area (Å²) in [6.45, 7) is 6.39. The molecular weight excluding hydrogens is 572 g/mol. The second-order valence-corrected chi connectivity index (χ2v) is 10.9. The van der Waals surface area contributed by atoms with Gasteiger partial charge < -0.3 is 24.1 Å². The topological polar surface area (TPSA) is 105 Å². The van der Waals surface area contributed by atoms with Crippen LogP contribution in [0.1, 0.15) is 41.7 Å². The molecule has 4 rings (SSSR count). The van der Waals surface area contributed by atoms with E-state index in [4.69, 9.17) is 25.8 Å². The van der Waals surface area contributed by atoms with Crippen LogP contribution >= 0.6 is 34.7 Å². The standard InChI is InChI=1S/C28H29ClN4O5S2/c1-6-33-25(17(3)38-20-11-12-22(29)16(2)13-20)31-32-28(33)40-15-23(34)30-26-24(27(35)37-5)21(14-39-26)18-7-9-19(36-4)10-8-18/h7-14,17H,6,15H2,1-5H3,(H,30,34). The summed E-state index contributed by atoms with van der Waals surface area (Å²) in [7, 11) is 2.90. The highest BCUT2D eigenvalue weighted by atomic mass is 35.5. The number of nitrogens with zero attached hydrogens (tertiary/aromatic N) is 3. The Hall–Kier alpha value is -3.54. The van der Waals surface area contributed by atoms with Gasteiger partial charge in [0.2, 0.25) is 5.91 Å². The predicted molar refractivity (Wildman–Crippen MR) is 158 cm³/mol. The molecule has 0 fully saturated rings. The number of halogens is 1. The molecule has 1 unspecified atom stereocenters. The number of carbonyl (C=O) groups excluding carboxylic acids is 2. The fourth-order valence-corrected chi connectivity index (χ4v) is 5.88. The first-order chi connectivity index (χ1) is 19.2. The molecule has 40 heavy (non-hydrogen) atoms. The summed E-state index contributed by atoms with van der Waals surface area (Å²) >= 11 is 8.64. The van der Waals surface area contributed by atoms with Crippen LogP contribution in [-0.4, -0.2) is 46.6 Å². The Kier molecular flexibility index (Phi) is 9.72. The lowest BCUT2D eigenvalue weighted by molar-refractivity contribution is -0.113. The van der Waals surface area contributed by atoms with Gasteiger partial charge in [-0.25, -0.2) is 4.79 Å². The van der Waals surface area contributed by atoms with E-state index in [0.717, 1.165) is 11.1 Å². The van der Waals surface area contributed by atoms with Gasteiger partial charge >= 0.3 is 5.97 Å². The molecule has 0 aliphatic rings. The normalized spacial score (nSPS) is 11.7. The van der Waals surface area contributed by atoms with Gasteiger partial charge in [0.15, 0.2) is 17.1 Å². The van der Waals surface area contributed by atoms with Crippen LogP contribution in [0.5, 0.6) is 11.5 Å². The number of methoxy groups -OCH3 is 2. The number of rotatable bonds is 11. The quantitative estimate of drug-likeness (QED) is 0.151. The highest BCUT2D eigenvalue weighted by Gasteiger charge is 2.24. The summed E-state index contributed by atoms with van der Waals surface area (Å²) in [6.07, 6.45) is -0.374. The lowest BCUT2D eigenvalue weighted by Crippen LogP contribution is -2.17. The van der Waals surface area contributed by atoms with Crippen LogP contribution in [-0.2, 0) is 16.1 Å². The van der Waals surface area contributed by atoms with E-state index in [1.54, 1.807) is 13.2 Å². The maximum Gasteiger partial charge on any atom is 0.341 e. The molecule has 2 aromatic heterocycles. The van der Waals surface area contributed by atoms with E-state index in [1.807, 2.05) is 67.1 Å². The SMILES string of the molecule is CCn1c(SCC(=O)Nc2scc(-c3ccc(OC)cc3)c2C(=O)OC)nnc1C(C)Oc1ccc(Cl)c(C)c1. The lowest BCUT2D eigenvalue weighted by Gasteiger charge is -2.16. The molecule has 12 heteroatoms. The Morgan fingerprint density at radius 2 is 1.85 bits per heavy atom. The number of ether oxygens (including phenoxy) is 3. The number of thioether (sulfide) groups is 1. The zero-order valence-electron chi connectivity index (χ0n) is 22.7. The Bertz CT molecular complexity index is 1500. The van der Waals surface area contributed by atoms with Crippen LogP contribution < -0.4 is 14.8 Å². The van der Waals surface area contributed by atoms with Gasteiger partial charge in [-0.05, 0) is 62.2 Å². The van der Waals surface area contributed by atoms with Gasteiger partial charge in [-0.2, -0.15) is 0 Å². The van der Waals surface area contributed by atoms with Crippen molar-refractivity contribution < 1.29 is 23.8 Å². The number of amides is 1. The molecule has 0 radical (unpaired) electrons. The molecule has 4 aromatic rings. The molecule has 0 saturated heterocycles. The maximum atomic E-state index is 12.9. The van der Waals surface area contributed by atoms with Gasteiger partial charge in [-0.3, -0.25) is 4.79 Å². The molecule has 0 aliphatic heterocycles. The van der Waals surface area contributed by atoms with E-state index in [0.29, 0.717) is 50.2 Å². The molecule has 0 spiro atoms. The number of thiophene rings is 1. The van der Waals surface area contributed by atoms with Gasteiger partial charge in [-0.15, -0.1) is 21.5 Å².